The Bertz CT molecular complexity index is 408. The van der Waals surface area contributed by atoms with Crippen molar-refractivity contribution in [3.8, 4) is 5.75 Å². The monoisotopic (exact) mass is 282 g/mol. The highest BCUT2D eigenvalue weighted by Gasteiger charge is 2.18. The molecule has 0 bridgehead atoms. The van der Waals surface area contributed by atoms with Crippen LogP contribution in [0.5, 0.6) is 5.75 Å². The summed E-state index contributed by atoms with van der Waals surface area (Å²) in [6.45, 7) is 9.06. The normalized spacial score (nSPS) is 23.3. The summed E-state index contributed by atoms with van der Waals surface area (Å²) in [5.74, 6) is 1.71. The van der Waals surface area contributed by atoms with Gasteiger partial charge in [0.2, 0.25) is 0 Å². The Morgan fingerprint density at radius 1 is 1.42 bits per heavy atom. The maximum atomic E-state index is 6.11. The van der Waals surface area contributed by atoms with Crippen LogP contribution in [0.2, 0.25) is 5.02 Å². The van der Waals surface area contributed by atoms with Crippen molar-refractivity contribution in [1.82, 2.24) is 0 Å². The number of nitrogens with one attached hydrogen (secondary N) is 1. The van der Waals surface area contributed by atoms with Crippen LogP contribution in [0.15, 0.2) is 18.2 Å². The first-order valence-corrected chi connectivity index (χ1v) is 7.75. The molecule has 1 heterocycles. The van der Waals surface area contributed by atoms with Crippen LogP contribution in [0.4, 0.5) is 0 Å². The molecule has 0 amide bonds. The molecule has 1 fully saturated rings. The lowest BCUT2D eigenvalue weighted by molar-refractivity contribution is -0.908. The number of hydrogen-bond donors (Lipinski definition) is 1. The molecule has 1 unspecified atom stereocenters. The van der Waals surface area contributed by atoms with Gasteiger partial charge in [-0.25, -0.2) is 0 Å². The first-order chi connectivity index (χ1) is 9.15. The summed E-state index contributed by atoms with van der Waals surface area (Å²) < 4.78 is 5.79. The van der Waals surface area contributed by atoms with Gasteiger partial charge in [0.05, 0.1) is 31.3 Å². The molecule has 2 nitrogen and oxygen atoms in total. The van der Waals surface area contributed by atoms with Gasteiger partial charge in [-0.2, -0.15) is 0 Å². The molecule has 0 radical (unpaired) electrons. The Kier molecular flexibility index (Phi) is 5.53. The summed E-state index contributed by atoms with van der Waals surface area (Å²) >= 11 is 6.11. The topological polar surface area (TPSA) is 13.7 Å². The van der Waals surface area contributed by atoms with E-state index in [2.05, 4.69) is 13.8 Å². The molecule has 1 aliphatic heterocycles. The molecule has 1 saturated heterocycles. The molecule has 1 aliphatic rings. The highest BCUT2D eigenvalue weighted by Crippen LogP contribution is 2.25. The number of piperidine rings is 1. The highest BCUT2D eigenvalue weighted by atomic mass is 35.5. The van der Waals surface area contributed by atoms with Gasteiger partial charge in [-0.3, -0.25) is 0 Å². The number of aryl methyl sites for hydroxylation is 1. The SMILES string of the molecule is Cc1ccc(Cl)c(OCCC[NH+]2CCC[C@H](C)C2)c1. The Morgan fingerprint density at radius 3 is 3.05 bits per heavy atom. The molecule has 3 heteroatoms. The molecular weight excluding hydrogens is 258 g/mol. The Morgan fingerprint density at radius 2 is 2.26 bits per heavy atom. The molecule has 0 aromatic heterocycles. The second-order valence-corrected chi connectivity index (χ2v) is 6.24. The zero-order valence-corrected chi connectivity index (χ0v) is 12.8. The minimum Gasteiger partial charge on any atom is -0.492 e. The number of likely N-dealkylation sites (tertiary alicyclic amines) is 1. The third kappa shape index (κ3) is 4.70. The predicted molar refractivity (Wildman–Crippen MR) is 80.3 cm³/mol. The fourth-order valence-electron chi connectivity index (χ4n) is 2.85. The molecule has 0 aliphatic carbocycles. The molecule has 0 saturated carbocycles. The number of quaternary nitrogens is 1. The fraction of sp³-hybridized carbons (Fsp3) is 0.625. The van der Waals surface area contributed by atoms with E-state index in [0.29, 0.717) is 5.02 Å². The summed E-state index contributed by atoms with van der Waals surface area (Å²) in [4.78, 5) is 1.73. The number of hydrogen-bond acceptors (Lipinski definition) is 1. The molecule has 2 rings (SSSR count). The summed E-state index contributed by atoms with van der Waals surface area (Å²) in [7, 11) is 0. The van der Waals surface area contributed by atoms with Crippen molar-refractivity contribution in [3.63, 3.8) is 0 Å². The third-order valence-electron chi connectivity index (χ3n) is 3.88. The Balaban J connectivity index is 1.70. The van der Waals surface area contributed by atoms with Gasteiger partial charge < -0.3 is 9.64 Å². The van der Waals surface area contributed by atoms with Gasteiger partial charge in [-0.1, -0.05) is 24.6 Å². The fourth-order valence-corrected chi connectivity index (χ4v) is 3.02. The summed E-state index contributed by atoms with van der Waals surface area (Å²) in [6, 6.07) is 5.93. The maximum absolute atomic E-state index is 6.11. The molecule has 1 N–H and O–H groups in total. The van der Waals surface area contributed by atoms with Gasteiger partial charge in [0, 0.05) is 12.3 Å². The molecule has 1 aromatic rings. The number of halogens is 1. The van der Waals surface area contributed by atoms with E-state index in [1.807, 2.05) is 18.2 Å². The van der Waals surface area contributed by atoms with Crippen LogP contribution in [-0.4, -0.2) is 26.2 Å². The predicted octanol–water partition coefficient (Wildman–Crippen LogP) is 2.73. The van der Waals surface area contributed by atoms with Gasteiger partial charge in [-0.15, -0.1) is 0 Å². The van der Waals surface area contributed by atoms with Gasteiger partial charge in [-0.05, 0) is 37.5 Å². The Hall–Kier alpha value is -0.730. The van der Waals surface area contributed by atoms with E-state index in [1.54, 1.807) is 4.90 Å². The van der Waals surface area contributed by atoms with E-state index >= 15 is 0 Å². The molecule has 2 atom stereocenters. The summed E-state index contributed by atoms with van der Waals surface area (Å²) in [5.41, 5.74) is 1.19. The van der Waals surface area contributed by atoms with E-state index in [9.17, 15) is 0 Å². The van der Waals surface area contributed by atoms with Gasteiger partial charge in [0.25, 0.3) is 0 Å². The Labute approximate surface area is 121 Å². The van der Waals surface area contributed by atoms with Crippen molar-refractivity contribution in [3.05, 3.63) is 28.8 Å². The van der Waals surface area contributed by atoms with Crippen LogP contribution in [0.1, 0.15) is 31.7 Å². The van der Waals surface area contributed by atoms with Crippen LogP contribution in [-0.2, 0) is 0 Å². The zero-order valence-electron chi connectivity index (χ0n) is 12.0. The largest absolute Gasteiger partial charge is 0.492 e. The lowest BCUT2D eigenvalue weighted by Gasteiger charge is -2.27. The molecule has 106 valence electrons. The lowest BCUT2D eigenvalue weighted by Crippen LogP contribution is -3.13. The van der Waals surface area contributed by atoms with Gasteiger partial charge in [0.1, 0.15) is 5.75 Å². The quantitative estimate of drug-likeness (QED) is 0.820. The molecular formula is C16H25ClNO+. The highest BCUT2D eigenvalue weighted by molar-refractivity contribution is 6.32. The number of ether oxygens (including phenoxy) is 1. The van der Waals surface area contributed by atoms with E-state index in [0.717, 1.165) is 24.7 Å². The van der Waals surface area contributed by atoms with Crippen molar-refractivity contribution < 1.29 is 9.64 Å². The van der Waals surface area contributed by atoms with Gasteiger partial charge >= 0.3 is 0 Å². The first kappa shape index (κ1) is 14.7. The third-order valence-corrected chi connectivity index (χ3v) is 4.20. The van der Waals surface area contributed by atoms with Gasteiger partial charge in [0.15, 0.2) is 0 Å². The van der Waals surface area contributed by atoms with Crippen molar-refractivity contribution >= 4 is 11.6 Å². The van der Waals surface area contributed by atoms with E-state index in [1.165, 1.54) is 38.0 Å². The van der Waals surface area contributed by atoms with Crippen LogP contribution >= 0.6 is 11.6 Å². The maximum Gasteiger partial charge on any atom is 0.138 e. The molecule has 19 heavy (non-hydrogen) atoms. The second kappa shape index (κ2) is 7.16. The van der Waals surface area contributed by atoms with E-state index in [-0.39, 0.29) is 0 Å². The second-order valence-electron chi connectivity index (χ2n) is 5.84. The summed E-state index contributed by atoms with van der Waals surface area (Å²) in [6.07, 6.45) is 3.88. The van der Waals surface area contributed by atoms with Crippen molar-refractivity contribution in [2.45, 2.75) is 33.1 Å². The van der Waals surface area contributed by atoms with Crippen LogP contribution < -0.4 is 9.64 Å². The zero-order chi connectivity index (χ0) is 13.7. The number of rotatable bonds is 5. The van der Waals surface area contributed by atoms with Crippen LogP contribution in [0.25, 0.3) is 0 Å². The minimum atomic E-state index is 0.713. The van der Waals surface area contributed by atoms with E-state index in [4.69, 9.17) is 16.3 Å². The molecule has 1 aromatic carbocycles. The molecule has 0 spiro atoms. The average molecular weight is 283 g/mol. The minimum absolute atomic E-state index is 0.713. The number of benzene rings is 1. The average Bonchev–Trinajstić information content (AvgIpc) is 2.39. The lowest BCUT2D eigenvalue weighted by atomic mass is 10.0. The van der Waals surface area contributed by atoms with Crippen molar-refractivity contribution in [1.29, 1.82) is 0 Å². The van der Waals surface area contributed by atoms with E-state index < -0.39 is 0 Å². The van der Waals surface area contributed by atoms with Crippen LogP contribution in [0, 0.1) is 12.8 Å². The van der Waals surface area contributed by atoms with Crippen molar-refractivity contribution in [2.75, 3.05) is 26.2 Å². The van der Waals surface area contributed by atoms with Crippen molar-refractivity contribution in [2.24, 2.45) is 5.92 Å². The van der Waals surface area contributed by atoms with Crippen LogP contribution in [0.3, 0.4) is 0 Å². The smallest absolute Gasteiger partial charge is 0.138 e. The summed E-state index contributed by atoms with van der Waals surface area (Å²) in [5, 5.41) is 0.713. The standard InChI is InChI=1S/C16H24ClNO/c1-13-6-7-15(17)16(11-13)19-10-4-9-18-8-3-5-14(2)12-18/h6-7,11,14H,3-5,8-10,12H2,1-2H3/p+1/t14-/m0/s1. The first-order valence-electron chi connectivity index (χ1n) is 7.37.